The highest BCUT2D eigenvalue weighted by molar-refractivity contribution is 5.64. The molecule has 2 unspecified atom stereocenters. The number of aliphatic hydroxyl groups is 2. The van der Waals surface area contributed by atoms with Crippen LogP contribution in [0.15, 0.2) is 73.8 Å². The minimum absolute atomic E-state index is 0.160. The smallest absolute Gasteiger partial charge is 0.119 e. The van der Waals surface area contributed by atoms with E-state index in [0.29, 0.717) is 24.7 Å². The van der Waals surface area contributed by atoms with Gasteiger partial charge in [0.2, 0.25) is 0 Å². The maximum atomic E-state index is 9.80. The van der Waals surface area contributed by atoms with Crippen LogP contribution in [0.25, 0.3) is 11.1 Å². The predicted octanol–water partition coefficient (Wildman–Crippen LogP) is 3.24. The first-order chi connectivity index (χ1) is 14.6. The van der Waals surface area contributed by atoms with E-state index in [0.717, 1.165) is 11.1 Å². The van der Waals surface area contributed by atoms with Crippen molar-refractivity contribution >= 4 is 0 Å². The quantitative estimate of drug-likeness (QED) is 0.344. The molecule has 0 radical (unpaired) electrons. The van der Waals surface area contributed by atoms with Crippen molar-refractivity contribution in [2.24, 2.45) is 0 Å². The molecule has 2 aromatic rings. The summed E-state index contributed by atoms with van der Waals surface area (Å²) in [6.45, 7) is 8.65. The number of rotatable bonds is 15. The fourth-order valence-electron chi connectivity index (χ4n) is 2.54. The number of aliphatic hydroxyl groups excluding tert-OH is 2. The van der Waals surface area contributed by atoms with Gasteiger partial charge in [-0.15, -0.1) is 13.2 Å². The van der Waals surface area contributed by atoms with E-state index in [-0.39, 0.29) is 26.4 Å². The zero-order valence-corrected chi connectivity index (χ0v) is 17.1. The Labute approximate surface area is 178 Å². The zero-order chi connectivity index (χ0) is 21.6. The molecule has 2 aromatic carbocycles. The van der Waals surface area contributed by atoms with Crippen LogP contribution in [0.3, 0.4) is 0 Å². The van der Waals surface area contributed by atoms with Crippen LogP contribution in [0.4, 0.5) is 0 Å². The van der Waals surface area contributed by atoms with E-state index in [2.05, 4.69) is 13.2 Å². The maximum absolute atomic E-state index is 9.80. The fraction of sp³-hybridized carbons (Fsp3) is 0.333. The lowest BCUT2D eigenvalue weighted by molar-refractivity contribution is 0.0214. The van der Waals surface area contributed by atoms with Crippen LogP contribution in [-0.4, -0.2) is 62.1 Å². The molecule has 0 aliphatic rings. The van der Waals surface area contributed by atoms with Crippen molar-refractivity contribution in [1.29, 1.82) is 0 Å². The number of hydrogen-bond acceptors (Lipinski definition) is 6. The van der Waals surface area contributed by atoms with Gasteiger partial charge in [0.1, 0.15) is 36.9 Å². The van der Waals surface area contributed by atoms with Crippen molar-refractivity contribution in [3.8, 4) is 22.6 Å². The van der Waals surface area contributed by atoms with E-state index in [1.807, 2.05) is 48.5 Å². The van der Waals surface area contributed by atoms with E-state index >= 15 is 0 Å². The largest absolute Gasteiger partial charge is 0.491 e. The van der Waals surface area contributed by atoms with E-state index in [1.165, 1.54) is 0 Å². The average molecular weight is 414 g/mol. The number of ether oxygens (including phenoxy) is 4. The van der Waals surface area contributed by atoms with Crippen molar-refractivity contribution in [3.05, 3.63) is 73.8 Å². The normalized spacial score (nSPS) is 12.7. The van der Waals surface area contributed by atoms with Gasteiger partial charge in [-0.25, -0.2) is 0 Å². The Morgan fingerprint density at radius 1 is 0.633 bits per heavy atom. The minimum atomic E-state index is -0.691. The molecule has 6 nitrogen and oxygen atoms in total. The van der Waals surface area contributed by atoms with Crippen LogP contribution >= 0.6 is 0 Å². The maximum Gasteiger partial charge on any atom is 0.119 e. The lowest BCUT2D eigenvalue weighted by Gasteiger charge is -2.13. The SMILES string of the molecule is C=CCOCC(O)COc1ccc(-c2ccc(OCC(O)COCC=C)cc2)cc1. The predicted molar refractivity (Wildman–Crippen MR) is 117 cm³/mol. The van der Waals surface area contributed by atoms with Crippen LogP contribution in [0, 0.1) is 0 Å². The first-order valence-electron chi connectivity index (χ1n) is 9.82. The highest BCUT2D eigenvalue weighted by Gasteiger charge is 2.07. The second kappa shape index (κ2) is 13.6. The Morgan fingerprint density at radius 3 is 1.33 bits per heavy atom. The number of hydrogen-bond donors (Lipinski definition) is 2. The van der Waals surface area contributed by atoms with Crippen molar-refractivity contribution in [1.82, 2.24) is 0 Å². The minimum Gasteiger partial charge on any atom is -0.491 e. The summed E-state index contributed by atoms with van der Waals surface area (Å²) >= 11 is 0. The molecule has 0 aliphatic carbocycles. The van der Waals surface area contributed by atoms with Crippen LogP contribution < -0.4 is 9.47 Å². The van der Waals surface area contributed by atoms with Gasteiger partial charge in [0, 0.05) is 0 Å². The topological polar surface area (TPSA) is 77.4 Å². The Kier molecular flexibility index (Phi) is 10.7. The van der Waals surface area contributed by atoms with Crippen LogP contribution in [0.1, 0.15) is 0 Å². The molecule has 162 valence electrons. The van der Waals surface area contributed by atoms with Gasteiger partial charge in [-0.3, -0.25) is 0 Å². The molecule has 0 aromatic heterocycles. The zero-order valence-electron chi connectivity index (χ0n) is 17.1. The van der Waals surface area contributed by atoms with Gasteiger partial charge < -0.3 is 29.2 Å². The van der Waals surface area contributed by atoms with E-state index < -0.39 is 12.2 Å². The standard InChI is InChI=1S/C24H30O6/c1-3-13-27-15-21(25)17-29-23-9-5-19(6-10-23)20-7-11-24(12-8-20)30-18-22(26)16-28-14-4-2/h3-12,21-22,25-26H,1-2,13-18H2. The van der Waals surface area contributed by atoms with Crippen LogP contribution in [-0.2, 0) is 9.47 Å². The molecule has 0 spiro atoms. The first-order valence-corrected chi connectivity index (χ1v) is 9.82. The molecular weight excluding hydrogens is 384 g/mol. The lowest BCUT2D eigenvalue weighted by Crippen LogP contribution is -2.23. The van der Waals surface area contributed by atoms with E-state index in [1.54, 1.807) is 12.2 Å². The molecule has 2 rings (SSSR count). The van der Waals surface area contributed by atoms with Crippen molar-refractivity contribution in [2.45, 2.75) is 12.2 Å². The van der Waals surface area contributed by atoms with Gasteiger partial charge in [0.25, 0.3) is 0 Å². The van der Waals surface area contributed by atoms with Gasteiger partial charge in [0.15, 0.2) is 0 Å². The van der Waals surface area contributed by atoms with E-state index in [9.17, 15) is 10.2 Å². The lowest BCUT2D eigenvalue weighted by atomic mass is 10.1. The summed E-state index contributed by atoms with van der Waals surface area (Å²) in [7, 11) is 0. The molecule has 30 heavy (non-hydrogen) atoms. The molecule has 0 heterocycles. The molecule has 0 amide bonds. The summed E-state index contributed by atoms with van der Waals surface area (Å²) in [5, 5.41) is 19.6. The average Bonchev–Trinajstić information content (AvgIpc) is 2.77. The molecule has 0 fully saturated rings. The molecule has 0 bridgehead atoms. The molecule has 0 saturated carbocycles. The second-order valence-corrected chi connectivity index (χ2v) is 6.63. The van der Waals surface area contributed by atoms with Gasteiger partial charge >= 0.3 is 0 Å². The summed E-state index contributed by atoms with van der Waals surface area (Å²) < 4.78 is 21.5. The molecule has 0 aliphatic heterocycles. The molecule has 0 saturated heterocycles. The van der Waals surface area contributed by atoms with Gasteiger partial charge in [0.05, 0.1) is 26.4 Å². The van der Waals surface area contributed by atoms with Gasteiger partial charge in [-0.05, 0) is 35.4 Å². The summed E-state index contributed by atoms with van der Waals surface area (Å²) in [6.07, 6.45) is 1.89. The molecule has 2 atom stereocenters. The van der Waals surface area contributed by atoms with Crippen LogP contribution in [0.2, 0.25) is 0 Å². The van der Waals surface area contributed by atoms with Gasteiger partial charge in [-0.2, -0.15) is 0 Å². The second-order valence-electron chi connectivity index (χ2n) is 6.63. The Hall–Kier alpha value is -2.64. The third-order valence-electron chi connectivity index (χ3n) is 4.02. The van der Waals surface area contributed by atoms with E-state index in [4.69, 9.17) is 18.9 Å². The third kappa shape index (κ3) is 8.80. The highest BCUT2D eigenvalue weighted by Crippen LogP contribution is 2.24. The van der Waals surface area contributed by atoms with Crippen molar-refractivity contribution in [2.75, 3.05) is 39.6 Å². The summed E-state index contributed by atoms with van der Waals surface area (Å²) in [5.74, 6) is 1.35. The first kappa shape index (κ1) is 23.6. The summed E-state index contributed by atoms with van der Waals surface area (Å²) in [6, 6.07) is 15.2. The Balaban J connectivity index is 1.79. The Morgan fingerprint density at radius 2 is 1.00 bits per heavy atom. The van der Waals surface area contributed by atoms with Crippen LogP contribution in [0.5, 0.6) is 11.5 Å². The fourth-order valence-corrected chi connectivity index (χ4v) is 2.54. The molecule has 2 N–H and O–H groups in total. The monoisotopic (exact) mass is 414 g/mol. The Bertz CT molecular complexity index is 676. The van der Waals surface area contributed by atoms with Gasteiger partial charge in [-0.1, -0.05) is 36.4 Å². The molecular formula is C24H30O6. The summed E-state index contributed by atoms with van der Waals surface area (Å²) in [5.41, 5.74) is 2.06. The highest BCUT2D eigenvalue weighted by atomic mass is 16.5. The van der Waals surface area contributed by atoms with Crippen molar-refractivity contribution in [3.63, 3.8) is 0 Å². The summed E-state index contributed by atoms with van der Waals surface area (Å²) in [4.78, 5) is 0. The molecule has 6 heteroatoms. The number of benzene rings is 2. The van der Waals surface area contributed by atoms with Crippen molar-refractivity contribution < 1.29 is 29.2 Å². The third-order valence-corrected chi connectivity index (χ3v) is 4.02.